The van der Waals surface area contributed by atoms with E-state index in [0.29, 0.717) is 17.0 Å². The Hall–Kier alpha value is -0.0600. The Kier molecular flexibility index (Phi) is 5.79. The number of ether oxygens (including phenoxy) is 1. The number of hydrogen-bond acceptors (Lipinski definition) is 2. The van der Waals surface area contributed by atoms with E-state index in [-0.39, 0.29) is 12.4 Å². The Labute approximate surface area is 117 Å². The molecule has 0 aliphatic rings. The number of carbonyl (C=O) groups is 1. The minimum Gasteiger partial charge on any atom is -0.466 e. The molecule has 2 nitrogen and oxygen atoms in total. The second-order valence-electron chi connectivity index (χ2n) is 3.15. The minimum atomic E-state index is -0.231. The molecule has 0 atom stereocenters. The summed E-state index contributed by atoms with van der Waals surface area (Å²) in [6, 6.07) is 3.70. The van der Waals surface area contributed by atoms with E-state index in [0.717, 1.165) is 15.6 Å². The van der Waals surface area contributed by atoms with Gasteiger partial charge in [-0.15, -0.1) is 0 Å². The van der Waals surface area contributed by atoms with Crippen molar-refractivity contribution in [2.45, 2.75) is 18.7 Å². The lowest BCUT2D eigenvalue weighted by molar-refractivity contribution is -0.142. The third kappa shape index (κ3) is 3.75. The fourth-order valence-corrected chi connectivity index (χ4v) is 2.72. The largest absolute Gasteiger partial charge is 0.466 e. The summed E-state index contributed by atoms with van der Waals surface area (Å²) in [6.45, 7) is 2.19. The number of carbonyl (C=O) groups excluding carboxylic acids is 1. The molecule has 0 N–H and O–H groups in total. The number of benzene rings is 1. The van der Waals surface area contributed by atoms with Crippen LogP contribution in [0.5, 0.6) is 0 Å². The van der Waals surface area contributed by atoms with Gasteiger partial charge in [0.05, 0.1) is 13.0 Å². The van der Waals surface area contributed by atoms with Crippen LogP contribution in [-0.2, 0) is 21.3 Å². The van der Waals surface area contributed by atoms with Crippen molar-refractivity contribution in [3.8, 4) is 0 Å². The monoisotopic (exact) mass is 368 g/mol. The highest BCUT2D eigenvalue weighted by molar-refractivity contribution is 9.10. The molecule has 0 aliphatic carbocycles. The maximum Gasteiger partial charge on any atom is 0.310 e. The molecule has 0 unspecified atom stereocenters. The molecule has 1 rings (SSSR count). The number of esters is 1. The highest BCUT2D eigenvalue weighted by Gasteiger charge is 2.10. The fraction of sp³-hybridized carbons (Fsp3) is 0.364. The van der Waals surface area contributed by atoms with E-state index in [4.69, 9.17) is 16.3 Å². The van der Waals surface area contributed by atoms with Crippen LogP contribution in [0.4, 0.5) is 0 Å². The summed E-state index contributed by atoms with van der Waals surface area (Å²) in [7, 11) is 0. The molecule has 0 saturated carbocycles. The summed E-state index contributed by atoms with van der Waals surface area (Å²) >= 11 is 12.8. The molecule has 0 spiro atoms. The molecule has 0 heterocycles. The Morgan fingerprint density at radius 1 is 1.44 bits per heavy atom. The van der Waals surface area contributed by atoms with Crippen molar-refractivity contribution in [1.29, 1.82) is 0 Å². The topological polar surface area (TPSA) is 26.3 Å². The van der Waals surface area contributed by atoms with Crippen LogP contribution in [0.3, 0.4) is 0 Å². The molecular formula is C11H11Br2ClO2. The SMILES string of the molecule is CCOC(=O)Cc1cc(CBr)c(Cl)cc1Br. The van der Waals surface area contributed by atoms with Gasteiger partial charge in [0.25, 0.3) is 0 Å². The zero-order valence-corrected chi connectivity index (χ0v) is 12.7. The summed E-state index contributed by atoms with van der Waals surface area (Å²) in [5, 5.41) is 1.34. The first-order chi connectivity index (χ1) is 7.58. The maximum absolute atomic E-state index is 11.4. The molecule has 0 aliphatic heterocycles. The van der Waals surface area contributed by atoms with Gasteiger partial charge < -0.3 is 4.74 Å². The van der Waals surface area contributed by atoms with E-state index >= 15 is 0 Å². The van der Waals surface area contributed by atoms with Gasteiger partial charge in [0.15, 0.2) is 0 Å². The van der Waals surface area contributed by atoms with Crippen molar-refractivity contribution in [2.75, 3.05) is 6.61 Å². The summed E-state index contributed by atoms with van der Waals surface area (Å²) in [4.78, 5) is 11.4. The summed E-state index contributed by atoms with van der Waals surface area (Å²) in [5.74, 6) is -0.231. The molecule has 1 aromatic carbocycles. The first-order valence-electron chi connectivity index (χ1n) is 4.76. The highest BCUT2D eigenvalue weighted by atomic mass is 79.9. The van der Waals surface area contributed by atoms with Crippen LogP contribution in [0.1, 0.15) is 18.1 Å². The number of rotatable bonds is 4. The van der Waals surface area contributed by atoms with Crippen molar-refractivity contribution in [1.82, 2.24) is 0 Å². The number of hydrogen-bond donors (Lipinski definition) is 0. The van der Waals surface area contributed by atoms with Crippen LogP contribution in [0.25, 0.3) is 0 Å². The fourth-order valence-electron chi connectivity index (χ4n) is 1.25. The smallest absolute Gasteiger partial charge is 0.310 e. The van der Waals surface area contributed by atoms with Crippen LogP contribution in [0.15, 0.2) is 16.6 Å². The van der Waals surface area contributed by atoms with Crippen molar-refractivity contribution in [3.63, 3.8) is 0 Å². The lowest BCUT2D eigenvalue weighted by Crippen LogP contribution is -2.08. The van der Waals surface area contributed by atoms with Gasteiger partial charge in [0, 0.05) is 14.8 Å². The van der Waals surface area contributed by atoms with Gasteiger partial charge in [-0.3, -0.25) is 4.79 Å². The predicted molar refractivity (Wildman–Crippen MR) is 72.1 cm³/mol. The second kappa shape index (κ2) is 6.62. The Bertz CT molecular complexity index is 394. The first-order valence-corrected chi connectivity index (χ1v) is 7.06. The van der Waals surface area contributed by atoms with Gasteiger partial charge >= 0.3 is 5.97 Å². The predicted octanol–water partition coefficient (Wildman–Crippen LogP) is 4.10. The molecule has 0 radical (unpaired) electrons. The number of alkyl halides is 1. The third-order valence-electron chi connectivity index (χ3n) is 2.00. The molecule has 0 amide bonds. The van der Waals surface area contributed by atoms with Crippen molar-refractivity contribution < 1.29 is 9.53 Å². The standard InChI is InChI=1S/C11H11Br2ClO2/c1-2-16-11(15)4-7-3-8(6-12)10(14)5-9(7)13/h3,5H,2,4,6H2,1H3. The molecule has 16 heavy (non-hydrogen) atoms. The summed E-state index contributed by atoms with van der Waals surface area (Å²) < 4.78 is 5.73. The zero-order chi connectivity index (χ0) is 12.1. The van der Waals surface area contributed by atoms with Gasteiger partial charge in [-0.1, -0.05) is 49.5 Å². The van der Waals surface area contributed by atoms with E-state index in [9.17, 15) is 4.79 Å². The quantitative estimate of drug-likeness (QED) is 0.589. The highest BCUT2D eigenvalue weighted by Crippen LogP contribution is 2.27. The van der Waals surface area contributed by atoms with Gasteiger partial charge in [-0.05, 0) is 24.1 Å². The molecule has 88 valence electrons. The van der Waals surface area contributed by atoms with E-state index in [1.807, 2.05) is 6.07 Å². The van der Waals surface area contributed by atoms with Crippen LogP contribution in [0.2, 0.25) is 5.02 Å². The molecule has 0 bridgehead atoms. The third-order valence-corrected chi connectivity index (χ3v) is 3.69. The van der Waals surface area contributed by atoms with Crippen molar-refractivity contribution in [2.24, 2.45) is 0 Å². The molecule has 0 aromatic heterocycles. The van der Waals surface area contributed by atoms with Gasteiger partial charge in [0.2, 0.25) is 0 Å². The molecule has 0 fully saturated rings. The lowest BCUT2D eigenvalue weighted by atomic mass is 10.1. The minimum absolute atomic E-state index is 0.231. The van der Waals surface area contributed by atoms with Gasteiger partial charge in [-0.25, -0.2) is 0 Å². The lowest BCUT2D eigenvalue weighted by Gasteiger charge is -2.08. The van der Waals surface area contributed by atoms with Crippen LogP contribution < -0.4 is 0 Å². The zero-order valence-electron chi connectivity index (χ0n) is 8.73. The van der Waals surface area contributed by atoms with Gasteiger partial charge in [-0.2, -0.15) is 0 Å². The van der Waals surface area contributed by atoms with E-state index in [1.54, 1.807) is 13.0 Å². The summed E-state index contributed by atoms with van der Waals surface area (Å²) in [6.07, 6.45) is 0.256. The molecule has 1 aromatic rings. The normalized spacial score (nSPS) is 10.2. The Morgan fingerprint density at radius 3 is 2.69 bits per heavy atom. The van der Waals surface area contributed by atoms with Crippen LogP contribution in [-0.4, -0.2) is 12.6 Å². The maximum atomic E-state index is 11.4. The Morgan fingerprint density at radius 2 is 2.12 bits per heavy atom. The summed E-state index contributed by atoms with van der Waals surface area (Å²) in [5.41, 5.74) is 1.85. The second-order valence-corrected chi connectivity index (χ2v) is 4.97. The molecule has 0 saturated heterocycles. The Balaban J connectivity index is 2.91. The van der Waals surface area contributed by atoms with Crippen LogP contribution >= 0.6 is 43.5 Å². The van der Waals surface area contributed by atoms with Gasteiger partial charge in [0.1, 0.15) is 0 Å². The average molecular weight is 370 g/mol. The molecular weight excluding hydrogens is 359 g/mol. The average Bonchev–Trinajstić information content (AvgIpc) is 2.22. The van der Waals surface area contributed by atoms with E-state index < -0.39 is 0 Å². The van der Waals surface area contributed by atoms with E-state index in [1.165, 1.54) is 0 Å². The number of halogens is 3. The van der Waals surface area contributed by atoms with E-state index in [2.05, 4.69) is 31.9 Å². The van der Waals surface area contributed by atoms with Crippen molar-refractivity contribution in [3.05, 3.63) is 32.8 Å². The van der Waals surface area contributed by atoms with Crippen molar-refractivity contribution >= 4 is 49.4 Å². The van der Waals surface area contributed by atoms with Crippen LogP contribution in [0, 0.1) is 0 Å². The first kappa shape index (κ1) is 14.0. The molecule has 5 heteroatoms.